The van der Waals surface area contributed by atoms with Crippen molar-refractivity contribution >= 4 is 5.57 Å². The Morgan fingerprint density at radius 2 is 1.49 bits per heavy atom. The molecule has 0 fully saturated rings. The van der Waals surface area contributed by atoms with Crippen molar-refractivity contribution in [2.45, 2.75) is 119 Å². The van der Waals surface area contributed by atoms with Crippen LogP contribution in [-0.2, 0) is 25.7 Å². The quantitative estimate of drug-likeness (QED) is 0.226. The molecule has 1 aliphatic carbocycles. The molecule has 0 aromatic heterocycles. The zero-order valence-corrected chi connectivity index (χ0v) is 23.9. The number of aryl methyl sites for hydroxylation is 3. The third kappa shape index (κ3) is 11.0. The molecule has 0 bridgehead atoms. The molecule has 198 valence electrons. The van der Waals surface area contributed by atoms with E-state index in [0.29, 0.717) is 0 Å². The van der Waals surface area contributed by atoms with Crippen LogP contribution in [0.25, 0.3) is 5.57 Å². The SMILES string of the molecule is C=C(Cc1ccc2c(c1)CCC2)C(=C)c1cccc(C)c1CCCCCCC.CC.CCCC.O.[HH]. The average molecular weight is 481 g/mol. The Bertz CT molecular complexity index is 879. The van der Waals surface area contributed by atoms with Gasteiger partial charge >= 0.3 is 0 Å². The first kappa shape index (κ1) is 32.9. The van der Waals surface area contributed by atoms with Crippen LogP contribution < -0.4 is 0 Å². The molecular weight excluding hydrogens is 424 g/mol. The van der Waals surface area contributed by atoms with Crippen molar-refractivity contribution in [3.8, 4) is 0 Å². The van der Waals surface area contributed by atoms with Crippen LogP contribution in [0.4, 0.5) is 0 Å². The smallest absolute Gasteiger partial charge is 0 e. The molecule has 0 heterocycles. The van der Waals surface area contributed by atoms with Gasteiger partial charge in [0.2, 0.25) is 0 Å². The maximum atomic E-state index is 4.45. The monoisotopic (exact) mass is 480 g/mol. The predicted octanol–water partition coefficient (Wildman–Crippen LogP) is 10.1. The highest BCUT2D eigenvalue weighted by molar-refractivity contribution is 5.79. The minimum atomic E-state index is 0. The van der Waals surface area contributed by atoms with Gasteiger partial charge in [-0.1, -0.05) is 123 Å². The first-order valence-electron chi connectivity index (χ1n) is 14.1. The third-order valence-electron chi connectivity index (χ3n) is 6.77. The zero-order valence-electron chi connectivity index (χ0n) is 23.9. The average Bonchev–Trinajstić information content (AvgIpc) is 3.33. The summed E-state index contributed by atoms with van der Waals surface area (Å²) >= 11 is 0. The van der Waals surface area contributed by atoms with Crippen molar-refractivity contribution in [2.24, 2.45) is 0 Å². The molecule has 0 aliphatic heterocycles. The van der Waals surface area contributed by atoms with E-state index in [2.05, 4.69) is 77.3 Å². The van der Waals surface area contributed by atoms with Gasteiger partial charge in [0.05, 0.1) is 0 Å². The second-order valence-electron chi connectivity index (χ2n) is 9.48. The fourth-order valence-corrected chi connectivity index (χ4v) is 4.50. The molecular formula is C34H56O. The molecule has 0 unspecified atom stereocenters. The maximum absolute atomic E-state index is 4.45. The fraction of sp³-hybridized carbons (Fsp3) is 0.529. The van der Waals surface area contributed by atoms with Crippen LogP contribution in [0.2, 0.25) is 0 Å². The zero-order chi connectivity index (χ0) is 25.3. The van der Waals surface area contributed by atoms with E-state index in [0.717, 1.165) is 24.0 Å². The second-order valence-corrected chi connectivity index (χ2v) is 9.48. The molecule has 0 atom stereocenters. The molecule has 1 aliphatic rings. The number of rotatable bonds is 11. The Balaban J connectivity index is 0. The Morgan fingerprint density at radius 1 is 0.829 bits per heavy atom. The molecule has 3 rings (SSSR count). The Kier molecular flexibility index (Phi) is 18.0. The van der Waals surface area contributed by atoms with Gasteiger partial charge in [0.15, 0.2) is 0 Å². The van der Waals surface area contributed by atoms with Gasteiger partial charge < -0.3 is 5.48 Å². The van der Waals surface area contributed by atoms with Gasteiger partial charge in [0.1, 0.15) is 0 Å². The number of benzene rings is 2. The van der Waals surface area contributed by atoms with E-state index >= 15 is 0 Å². The van der Waals surface area contributed by atoms with Gasteiger partial charge in [-0.15, -0.1) is 0 Å². The predicted molar refractivity (Wildman–Crippen MR) is 162 cm³/mol. The molecule has 0 saturated carbocycles. The van der Waals surface area contributed by atoms with Gasteiger partial charge in [-0.2, -0.15) is 0 Å². The highest BCUT2D eigenvalue weighted by Gasteiger charge is 2.14. The minimum absolute atomic E-state index is 0. The molecule has 0 spiro atoms. The summed E-state index contributed by atoms with van der Waals surface area (Å²) in [5, 5.41) is 0. The van der Waals surface area contributed by atoms with Crippen molar-refractivity contribution in [3.05, 3.63) is 88.5 Å². The van der Waals surface area contributed by atoms with Crippen LogP contribution in [-0.4, -0.2) is 5.48 Å². The lowest BCUT2D eigenvalue weighted by Gasteiger charge is -2.17. The highest BCUT2D eigenvalue weighted by atomic mass is 16.0. The lowest BCUT2D eigenvalue weighted by molar-refractivity contribution is 0.631. The maximum Gasteiger partial charge on any atom is 0 e. The fourth-order valence-electron chi connectivity index (χ4n) is 4.50. The number of hydrogen-bond donors (Lipinski definition) is 0. The summed E-state index contributed by atoms with van der Waals surface area (Å²) in [6.45, 7) is 21.7. The normalized spacial score (nSPS) is 11.3. The summed E-state index contributed by atoms with van der Waals surface area (Å²) in [5.74, 6) is 0. The Labute approximate surface area is 219 Å². The van der Waals surface area contributed by atoms with E-state index in [1.54, 1.807) is 5.56 Å². The van der Waals surface area contributed by atoms with Crippen LogP contribution in [0.5, 0.6) is 0 Å². The number of fused-ring (bicyclic) bond motifs is 1. The Hall–Kier alpha value is -2.12. The molecule has 0 radical (unpaired) electrons. The van der Waals surface area contributed by atoms with Gasteiger partial charge in [0, 0.05) is 1.43 Å². The van der Waals surface area contributed by atoms with Crippen LogP contribution in [0.15, 0.2) is 55.1 Å². The van der Waals surface area contributed by atoms with Crippen molar-refractivity contribution < 1.29 is 6.90 Å². The van der Waals surface area contributed by atoms with Gasteiger partial charge in [0.25, 0.3) is 0 Å². The third-order valence-corrected chi connectivity index (χ3v) is 6.77. The summed E-state index contributed by atoms with van der Waals surface area (Å²) in [4.78, 5) is 0. The molecule has 1 nitrogen and oxygen atoms in total. The number of allylic oxidation sites excluding steroid dienone is 2. The molecule has 0 amide bonds. The molecule has 0 saturated heterocycles. The summed E-state index contributed by atoms with van der Waals surface area (Å²) in [5.41, 5.74) is 10.9. The Morgan fingerprint density at radius 3 is 2.14 bits per heavy atom. The standard InChI is InChI=1S/C28H36.C4H10.C2H6.H2O.H2/c1-5-6-7-8-9-15-27-21(2)12-10-16-28(27)23(4)22(3)19-24-17-18-25-13-11-14-26(25)20-24;1-3-4-2;1-2;;/h10,12,16-18,20H,3-9,11,13-15,19H2,1-2H3;3-4H2,1-2H3;1-2H3;1H2;1H. The molecule has 35 heavy (non-hydrogen) atoms. The van der Waals surface area contributed by atoms with E-state index in [-0.39, 0.29) is 6.90 Å². The first-order valence-corrected chi connectivity index (χ1v) is 14.1. The van der Waals surface area contributed by atoms with E-state index in [1.165, 1.54) is 92.0 Å². The summed E-state index contributed by atoms with van der Waals surface area (Å²) in [7, 11) is 0. The largest absolute Gasteiger partial charge is 0.412 e. The summed E-state index contributed by atoms with van der Waals surface area (Å²) in [6, 6.07) is 13.6. The first-order chi connectivity index (χ1) is 16.5. The molecule has 2 aromatic rings. The van der Waals surface area contributed by atoms with Gasteiger partial charge in [-0.25, -0.2) is 0 Å². The molecule has 2 N–H and O–H groups in total. The number of unbranched alkanes of at least 4 members (excludes halogenated alkanes) is 5. The lowest BCUT2D eigenvalue weighted by Crippen LogP contribution is -2.00. The highest BCUT2D eigenvalue weighted by Crippen LogP contribution is 2.30. The van der Waals surface area contributed by atoms with Gasteiger partial charge in [-0.05, 0) is 90.0 Å². The minimum Gasteiger partial charge on any atom is -0.412 e. The van der Waals surface area contributed by atoms with E-state index in [1.807, 2.05) is 13.8 Å². The summed E-state index contributed by atoms with van der Waals surface area (Å²) < 4.78 is 0. The summed E-state index contributed by atoms with van der Waals surface area (Å²) in [6.07, 6.45) is 15.1. The number of hydrogen-bond acceptors (Lipinski definition) is 0. The van der Waals surface area contributed by atoms with Crippen LogP contribution in [0.1, 0.15) is 121 Å². The lowest BCUT2D eigenvalue weighted by atomic mass is 9.88. The van der Waals surface area contributed by atoms with E-state index in [4.69, 9.17) is 0 Å². The van der Waals surface area contributed by atoms with Gasteiger partial charge in [-0.3, -0.25) is 0 Å². The van der Waals surface area contributed by atoms with Crippen molar-refractivity contribution in [1.82, 2.24) is 0 Å². The van der Waals surface area contributed by atoms with Crippen LogP contribution in [0, 0.1) is 6.92 Å². The topological polar surface area (TPSA) is 31.5 Å². The second kappa shape index (κ2) is 19.1. The van der Waals surface area contributed by atoms with Crippen LogP contribution in [0.3, 0.4) is 0 Å². The van der Waals surface area contributed by atoms with E-state index < -0.39 is 0 Å². The van der Waals surface area contributed by atoms with Crippen molar-refractivity contribution in [2.75, 3.05) is 0 Å². The van der Waals surface area contributed by atoms with Crippen molar-refractivity contribution in [1.29, 1.82) is 0 Å². The molecule has 2 aromatic carbocycles. The van der Waals surface area contributed by atoms with E-state index in [9.17, 15) is 0 Å². The molecule has 1 heteroatoms. The van der Waals surface area contributed by atoms with Crippen LogP contribution >= 0.6 is 0 Å². The van der Waals surface area contributed by atoms with Crippen molar-refractivity contribution in [3.63, 3.8) is 0 Å².